The van der Waals surface area contributed by atoms with Crippen LogP contribution in [-0.2, 0) is 4.79 Å². The van der Waals surface area contributed by atoms with Crippen LogP contribution in [0.1, 0.15) is 34.1 Å². The topological polar surface area (TPSA) is 90.4 Å². The van der Waals surface area contributed by atoms with E-state index in [-0.39, 0.29) is 18.6 Å². The molecule has 0 radical (unpaired) electrons. The highest BCUT2D eigenvalue weighted by Gasteiger charge is 2.44. The first kappa shape index (κ1) is 14.9. The number of aliphatic hydroxyl groups excluding tert-OH is 1. The Balaban J connectivity index is 2.93. The van der Waals surface area contributed by atoms with Crippen LogP contribution in [0.25, 0.3) is 0 Å². The molecule has 0 aliphatic carbocycles. The van der Waals surface area contributed by atoms with E-state index in [0.717, 1.165) is 0 Å². The fourth-order valence-corrected chi connectivity index (χ4v) is 2.28. The Kier molecular flexibility index (Phi) is 4.36. The van der Waals surface area contributed by atoms with Gasteiger partial charge in [-0.3, -0.25) is 4.79 Å². The molecule has 0 spiro atoms. The standard InChI is InChI=1S/C13H23N3O2/c1-8-5-10(6-14)16(9(8)2)12(18)11(15)13(3,4)7-17/h8-11,17H,5,7,15H2,1-4H3/t8-,9-,10-,11+/m0/s1. The Morgan fingerprint density at radius 2 is 2.17 bits per heavy atom. The number of nitrogens with zero attached hydrogens (tertiary/aromatic N) is 2. The van der Waals surface area contributed by atoms with Crippen molar-refractivity contribution in [1.29, 1.82) is 5.26 Å². The summed E-state index contributed by atoms with van der Waals surface area (Å²) in [5.41, 5.74) is 5.27. The van der Waals surface area contributed by atoms with Crippen LogP contribution in [0.4, 0.5) is 0 Å². The van der Waals surface area contributed by atoms with Gasteiger partial charge in [0.05, 0.1) is 18.7 Å². The highest BCUT2D eigenvalue weighted by Crippen LogP contribution is 2.31. The van der Waals surface area contributed by atoms with Gasteiger partial charge in [0.1, 0.15) is 6.04 Å². The van der Waals surface area contributed by atoms with Crippen LogP contribution >= 0.6 is 0 Å². The van der Waals surface area contributed by atoms with Gasteiger partial charge in [-0.05, 0) is 19.3 Å². The van der Waals surface area contributed by atoms with Crippen molar-refractivity contribution in [2.24, 2.45) is 17.1 Å². The predicted molar refractivity (Wildman–Crippen MR) is 68.3 cm³/mol. The minimum atomic E-state index is -0.786. The lowest BCUT2D eigenvalue weighted by molar-refractivity contribution is -0.138. The average Bonchev–Trinajstić information content (AvgIpc) is 2.63. The molecule has 0 unspecified atom stereocenters. The molecule has 102 valence electrons. The Hall–Kier alpha value is -1.12. The van der Waals surface area contributed by atoms with Gasteiger partial charge in [0.15, 0.2) is 0 Å². The molecular weight excluding hydrogens is 230 g/mol. The first-order chi connectivity index (χ1) is 8.26. The van der Waals surface area contributed by atoms with Crippen molar-refractivity contribution in [3.8, 4) is 6.07 Å². The third-order valence-electron chi connectivity index (χ3n) is 4.11. The zero-order chi connectivity index (χ0) is 14.1. The van der Waals surface area contributed by atoms with Gasteiger partial charge in [0.25, 0.3) is 0 Å². The number of aliphatic hydroxyl groups is 1. The molecule has 18 heavy (non-hydrogen) atoms. The van der Waals surface area contributed by atoms with E-state index in [9.17, 15) is 9.90 Å². The number of nitriles is 1. The maximum Gasteiger partial charge on any atom is 0.241 e. The molecule has 0 saturated carbocycles. The van der Waals surface area contributed by atoms with Gasteiger partial charge in [-0.25, -0.2) is 0 Å². The summed E-state index contributed by atoms with van der Waals surface area (Å²) in [6, 6.07) is 0.998. The maximum atomic E-state index is 12.4. The first-order valence-corrected chi connectivity index (χ1v) is 6.34. The van der Waals surface area contributed by atoms with E-state index < -0.39 is 17.5 Å². The molecule has 4 atom stereocenters. The van der Waals surface area contributed by atoms with Crippen LogP contribution in [0, 0.1) is 22.7 Å². The molecular formula is C13H23N3O2. The molecule has 1 aliphatic heterocycles. The summed E-state index contributed by atoms with van der Waals surface area (Å²) in [6.07, 6.45) is 0.690. The van der Waals surface area contributed by atoms with Crippen LogP contribution in [0.15, 0.2) is 0 Å². The molecule has 3 N–H and O–H groups in total. The van der Waals surface area contributed by atoms with Gasteiger partial charge in [0.2, 0.25) is 5.91 Å². The quantitative estimate of drug-likeness (QED) is 0.765. The first-order valence-electron chi connectivity index (χ1n) is 6.34. The molecule has 1 heterocycles. The normalized spacial score (nSPS) is 30.1. The van der Waals surface area contributed by atoms with Crippen LogP contribution < -0.4 is 5.73 Å². The van der Waals surface area contributed by atoms with Gasteiger partial charge >= 0.3 is 0 Å². The second kappa shape index (κ2) is 5.25. The Morgan fingerprint density at radius 3 is 2.61 bits per heavy atom. The largest absolute Gasteiger partial charge is 0.396 e. The number of carbonyl (C=O) groups is 1. The molecule has 1 rings (SSSR count). The Morgan fingerprint density at radius 1 is 1.61 bits per heavy atom. The van der Waals surface area contributed by atoms with Crippen molar-refractivity contribution in [1.82, 2.24) is 4.90 Å². The molecule has 0 aromatic heterocycles. The zero-order valence-electron chi connectivity index (χ0n) is 11.6. The fourth-order valence-electron chi connectivity index (χ4n) is 2.28. The summed E-state index contributed by atoms with van der Waals surface area (Å²) in [5.74, 6) is 0.0560. The lowest BCUT2D eigenvalue weighted by atomic mass is 9.85. The van der Waals surface area contributed by atoms with E-state index in [0.29, 0.717) is 12.3 Å². The zero-order valence-corrected chi connectivity index (χ0v) is 11.6. The van der Waals surface area contributed by atoms with Crippen molar-refractivity contribution in [3.63, 3.8) is 0 Å². The summed E-state index contributed by atoms with van der Waals surface area (Å²) >= 11 is 0. The van der Waals surface area contributed by atoms with Crippen LogP contribution in [0.3, 0.4) is 0 Å². The fraction of sp³-hybridized carbons (Fsp3) is 0.846. The number of rotatable bonds is 3. The average molecular weight is 253 g/mol. The number of hydrogen-bond acceptors (Lipinski definition) is 4. The summed E-state index contributed by atoms with van der Waals surface area (Å²) in [4.78, 5) is 14.0. The SMILES string of the molecule is C[C@H]1C[C@@H](C#N)N(C(=O)[C@@H](N)C(C)(C)CO)[C@H]1C. The molecule has 5 heteroatoms. The second-order valence-corrected chi connectivity index (χ2v) is 5.97. The lowest BCUT2D eigenvalue weighted by Crippen LogP contribution is -2.55. The smallest absolute Gasteiger partial charge is 0.241 e. The van der Waals surface area contributed by atoms with Crippen molar-refractivity contribution in [3.05, 3.63) is 0 Å². The number of carbonyl (C=O) groups excluding carboxylic acids is 1. The Bertz CT molecular complexity index is 362. The van der Waals surface area contributed by atoms with Gasteiger partial charge in [-0.15, -0.1) is 0 Å². The van der Waals surface area contributed by atoms with Gasteiger partial charge < -0.3 is 15.7 Å². The third-order valence-corrected chi connectivity index (χ3v) is 4.11. The van der Waals surface area contributed by atoms with Crippen molar-refractivity contribution >= 4 is 5.91 Å². The minimum absolute atomic E-state index is 0.0164. The second-order valence-electron chi connectivity index (χ2n) is 5.97. The molecule has 0 aromatic carbocycles. The monoisotopic (exact) mass is 253 g/mol. The van der Waals surface area contributed by atoms with Crippen LogP contribution in [0.2, 0.25) is 0 Å². The molecule has 1 aliphatic rings. The third kappa shape index (κ3) is 2.50. The van der Waals surface area contributed by atoms with Crippen LogP contribution in [-0.4, -0.2) is 40.6 Å². The van der Waals surface area contributed by atoms with Gasteiger partial charge in [-0.2, -0.15) is 5.26 Å². The summed E-state index contributed by atoms with van der Waals surface area (Å²) in [6.45, 7) is 7.32. The number of hydrogen-bond donors (Lipinski definition) is 2. The maximum absolute atomic E-state index is 12.4. The van der Waals surface area contributed by atoms with Crippen LogP contribution in [0.5, 0.6) is 0 Å². The van der Waals surface area contributed by atoms with E-state index in [2.05, 4.69) is 6.07 Å². The van der Waals surface area contributed by atoms with Gasteiger partial charge in [0, 0.05) is 11.5 Å². The highest BCUT2D eigenvalue weighted by atomic mass is 16.3. The number of amides is 1. The van der Waals surface area contributed by atoms with Crippen molar-refractivity contribution in [2.75, 3.05) is 6.61 Å². The summed E-state index contributed by atoms with van der Waals surface area (Å²) in [7, 11) is 0. The van der Waals surface area contributed by atoms with E-state index in [1.165, 1.54) is 0 Å². The van der Waals surface area contributed by atoms with E-state index in [4.69, 9.17) is 11.0 Å². The molecule has 0 bridgehead atoms. The molecule has 1 saturated heterocycles. The van der Waals surface area contributed by atoms with Crippen molar-refractivity contribution in [2.45, 2.75) is 52.2 Å². The van der Waals surface area contributed by atoms with Gasteiger partial charge in [-0.1, -0.05) is 20.8 Å². The summed E-state index contributed by atoms with van der Waals surface area (Å²) < 4.78 is 0. The molecule has 5 nitrogen and oxygen atoms in total. The van der Waals surface area contributed by atoms with E-state index >= 15 is 0 Å². The number of nitrogens with two attached hydrogens (primary N) is 1. The molecule has 1 fully saturated rings. The Labute approximate surface area is 109 Å². The highest BCUT2D eigenvalue weighted by molar-refractivity contribution is 5.83. The molecule has 1 amide bonds. The van der Waals surface area contributed by atoms with E-state index in [1.807, 2.05) is 13.8 Å². The minimum Gasteiger partial charge on any atom is -0.396 e. The predicted octanol–water partition coefficient (Wildman–Crippen LogP) is 0.481. The lowest BCUT2D eigenvalue weighted by Gasteiger charge is -2.35. The number of likely N-dealkylation sites (tertiary alicyclic amines) is 1. The van der Waals surface area contributed by atoms with E-state index in [1.54, 1.807) is 18.7 Å². The van der Waals surface area contributed by atoms with Crippen molar-refractivity contribution < 1.29 is 9.90 Å². The molecule has 0 aromatic rings. The summed E-state index contributed by atoms with van der Waals surface area (Å²) in [5, 5.41) is 18.4.